The second kappa shape index (κ2) is 16.5. The summed E-state index contributed by atoms with van der Waals surface area (Å²) in [5.74, 6) is 1.22. The van der Waals surface area contributed by atoms with Crippen LogP contribution >= 0.6 is 34.2 Å². The molecule has 0 spiro atoms. The van der Waals surface area contributed by atoms with Crippen LogP contribution < -0.4 is 25.7 Å². The molecule has 1 amide bonds. The van der Waals surface area contributed by atoms with E-state index in [1.54, 1.807) is 19.4 Å². The van der Waals surface area contributed by atoms with Crippen molar-refractivity contribution in [3.05, 3.63) is 87.3 Å². The summed E-state index contributed by atoms with van der Waals surface area (Å²) in [6, 6.07) is 22.9. The largest absolute Gasteiger partial charge is 0.496 e. The van der Waals surface area contributed by atoms with Crippen molar-refractivity contribution in [1.29, 1.82) is 0 Å². The maximum atomic E-state index is 12.2. The molecule has 5 rings (SSSR count). The third-order valence-corrected chi connectivity index (χ3v) is 14.6. The van der Waals surface area contributed by atoms with Gasteiger partial charge in [-0.25, -0.2) is 14.8 Å². The van der Waals surface area contributed by atoms with Crippen molar-refractivity contribution >= 4 is 81.8 Å². The highest BCUT2D eigenvalue weighted by Crippen LogP contribution is 2.37. The Kier molecular flexibility index (Phi) is 12.4. The number of pyridine rings is 1. The Balaban J connectivity index is 1.51. The predicted octanol–water partition coefficient (Wildman–Crippen LogP) is 7.26. The molecule has 0 saturated carbocycles. The Labute approximate surface area is 312 Å². The molecule has 2 aromatic carbocycles. The van der Waals surface area contributed by atoms with Gasteiger partial charge in [0, 0.05) is 30.5 Å². The van der Waals surface area contributed by atoms with E-state index in [1.807, 2.05) is 4.68 Å². The van der Waals surface area contributed by atoms with Gasteiger partial charge in [-0.3, -0.25) is 10.00 Å². The molecule has 0 bridgehead atoms. The van der Waals surface area contributed by atoms with Gasteiger partial charge in [0.25, 0.3) is 8.32 Å². The van der Waals surface area contributed by atoms with Crippen molar-refractivity contribution in [2.75, 3.05) is 31.5 Å². The van der Waals surface area contributed by atoms with Crippen molar-refractivity contribution in [2.24, 2.45) is 0 Å². The van der Waals surface area contributed by atoms with Crippen molar-refractivity contribution < 1.29 is 18.7 Å². The zero-order valence-electron chi connectivity index (χ0n) is 29.2. The van der Waals surface area contributed by atoms with Crippen LogP contribution in [-0.4, -0.2) is 66.0 Å². The van der Waals surface area contributed by atoms with Crippen LogP contribution in [0.1, 0.15) is 52.5 Å². The predicted molar refractivity (Wildman–Crippen MR) is 209 cm³/mol. The molecular formula is C36H43ClIN7O4Si. The van der Waals surface area contributed by atoms with Crippen LogP contribution in [0.2, 0.25) is 10.2 Å². The number of aromatic nitrogens is 5. The maximum absolute atomic E-state index is 12.2. The lowest BCUT2D eigenvalue weighted by Gasteiger charge is -2.43. The van der Waals surface area contributed by atoms with E-state index in [1.165, 1.54) is 17.5 Å². The Hall–Kier alpha value is -3.79. The van der Waals surface area contributed by atoms with Crippen LogP contribution in [0, 0.1) is 3.70 Å². The van der Waals surface area contributed by atoms with Gasteiger partial charge in [0.15, 0.2) is 5.82 Å². The summed E-state index contributed by atoms with van der Waals surface area (Å²) in [4.78, 5) is 25.9. The Morgan fingerprint density at radius 3 is 2.26 bits per heavy atom. The monoisotopic (exact) mass is 827 g/mol. The number of hydrogen-bond donors (Lipinski definition) is 2. The lowest BCUT2D eigenvalue weighted by Crippen LogP contribution is -2.66. The molecule has 0 aliphatic heterocycles. The molecule has 3 heterocycles. The number of fused-ring (bicyclic) bond motifs is 1. The third kappa shape index (κ3) is 8.22. The summed E-state index contributed by atoms with van der Waals surface area (Å²) in [5, 5.41) is 13.8. The SMILES string of the molecule is CCC[C@@H](CCO[Si](c1ccccc1)(c1ccccc1)C(C)(C)C)Nc1nc(NC(=O)OC)nc2c(I)nn(Cc3cnc(Cl)cc3OC)c12. The second-order valence-corrected chi connectivity index (χ2v) is 18.6. The van der Waals surface area contributed by atoms with Crippen molar-refractivity contribution in [3.8, 4) is 5.75 Å². The number of hydrogen-bond acceptors (Lipinski definition) is 9. The number of halogens is 2. The summed E-state index contributed by atoms with van der Waals surface area (Å²) < 4.78 is 20.1. The van der Waals surface area contributed by atoms with Crippen LogP contribution in [0.25, 0.3) is 11.0 Å². The molecule has 0 fully saturated rings. The fourth-order valence-corrected chi connectivity index (χ4v) is 11.7. The molecule has 14 heteroatoms. The molecule has 0 unspecified atom stereocenters. The Morgan fingerprint density at radius 2 is 1.68 bits per heavy atom. The third-order valence-electron chi connectivity index (χ3n) is 8.58. The Bertz CT molecular complexity index is 1870. The zero-order valence-corrected chi connectivity index (χ0v) is 33.1. The zero-order chi connectivity index (χ0) is 35.9. The van der Waals surface area contributed by atoms with E-state index in [4.69, 9.17) is 35.6 Å². The number of rotatable bonds is 14. The van der Waals surface area contributed by atoms with Crippen LogP contribution in [0.3, 0.4) is 0 Å². The number of benzene rings is 2. The minimum atomic E-state index is -2.73. The van der Waals surface area contributed by atoms with E-state index >= 15 is 0 Å². The highest BCUT2D eigenvalue weighted by atomic mass is 127. The molecule has 0 aliphatic carbocycles. The number of methoxy groups -OCH3 is 2. The molecule has 264 valence electrons. The minimum Gasteiger partial charge on any atom is -0.496 e. The topological polar surface area (TPSA) is 125 Å². The number of carbonyl (C=O) groups is 1. The number of anilines is 2. The summed E-state index contributed by atoms with van der Waals surface area (Å²) in [7, 11) is 0.160. The summed E-state index contributed by atoms with van der Waals surface area (Å²) in [5.41, 5.74) is 2.04. The van der Waals surface area contributed by atoms with Crippen molar-refractivity contribution in [2.45, 2.75) is 64.6 Å². The average molecular weight is 828 g/mol. The molecule has 0 saturated heterocycles. The highest BCUT2D eigenvalue weighted by Gasteiger charge is 2.50. The number of amides is 1. The molecule has 5 aromatic rings. The second-order valence-electron chi connectivity index (χ2n) is 12.9. The molecule has 0 radical (unpaired) electrons. The van der Waals surface area contributed by atoms with Gasteiger partial charge < -0.3 is 19.2 Å². The highest BCUT2D eigenvalue weighted by molar-refractivity contribution is 14.1. The van der Waals surface area contributed by atoms with Crippen LogP contribution in [0.5, 0.6) is 5.75 Å². The van der Waals surface area contributed by atoms with Crippen LogP contribution in [0.15, 0.2) is 72.9 Å². The van der Waals surface area contributed by atoms with Crippen LogP contribution in [0.4, 0.5) is 16.6 Å². The molecule has 50 heavy (non-hydrogen) atoms. The first-order valence-corrected chi connectivity index (χ1v) is 19.9. The molecule has 11 nitrogen and oxygen atoms in total. The van der Waals surface area contributed by atoms with E-state index in [2.05, 4.69) is 132 Å². The standard InChI is InChI=1S/C36H43ClIN7O4Si/c1-7-14-25(19-20-49-50(36(2,3)4,26-15-10-8-11-16-26)27-17-12-9-13-18-27)40-33-31-30(41-34(42-33)43-35(46)48-6)32(38)44-45(31)23-24-22-39-29(37)21-28(24)47-5/h8-13,15-18,21-22,25H,7,14,19-20,23H2,1-6H3,(H2,40,41,42,43,46)/t25-/m0/s1. The van der Waals surface area contributed by atoms with Gasteiger partial charge in [0.1, 0.15) is 25.6 Å². The average Bonchev–Trinajstić information content (AvgIpc) is 3.42. The van der Waals surface area contributed by atoms with Gasteiger partial charge in [-0.15, -0.1) is 0 Å². The Morgan fingerprint density at radius 1 is 1.02 bits per heavy atom. The van der Waals surface area contributed by atoms with Gasteiger partial charge in [0.2, 0.25) is 5.95 Å². The molecular weight excluding hydrogens is 785 g/mol. The summed E-state index contributed by atoms with van der Waals surface area (Å²) >= 11 is 8.29. The molecule has 1 atom stereocenters. The number of nitrogens with one attached hydrogen (secondary N) is 2. The fraction of sp³-hybridized carbons (Fsp3) is 0.361. The van der Waals surface area contributed by atoms with E-state index in [0.29, 0.717) is 51.0 Å². The smallest absolute Gasteiger partial charge is 0.413 e. The van der Waals surface area contributed by atoms with E-state index in [0.717, 1.165) is 18.4 Å². The maximum Gasteiger partial charge on any atom is 0.413 e. The van der Waals surface area contributed by atoms with E-state index < -0.39 is 14.4 Å². The minimum absolute atomic E-state index is 0.0185. The molecule has 2 N–H and O–H groups in total. The first-order valence-electron chi connectivity index (χ1n) is 16.5. The normalized spacial score (nSPS) is 12.5. The van der Waals surface area contributed by atoms with Gasteiger partial charge in [-0.2, -0.15) is 10.1 Å². The summed E-state index contributed by atoms with van der Waals surface area (Å²) in [6.07, 6.45) is 3.51. The van der Waals surface area contributed by atoms with Crippen LogP contribution in [-0.2, 0) is 15.7 Å². The van der Waals surface area contributed by atoms with Gasteiger partial charge in [-0.05, 0) is 50.8 Å². The fourth-order valence-electron chi connectivity index (χ4n) is 6.32. The number of nitrogens with zero attached hydrogens (tertiary/aromatic N) is 5. The quantitative estimate of drug-likeness (QED) is 0.0677. The van der Waals surface area contributed by atoms with Gasteiger partial charge in [0.05, 0.1) is 20.8 Å². The summed E-state index contributed by atoms with van der Waals surface area (Å²) in [6.45, 7) is 9.85. The van der Waals surface area contributed by atoms with Crippen molar-refractivity contribution in [1.82, 2.24) is 24.7 Å². The molecule has 3 aromatic heterocycles. The van der Waals surface area contributed by atoms with Crippen molar-refractivity contribution in [3.63, 3.8) is 0 Å². The number of ether oxygens (including phenoxy) is 2. The lowest BCUT2D eigenvalue weighted by molar-refractivity contribution is 0.186. The number of carbonyl (C=O) groups excluding carboxylic acids is 1. The first-order chi connectivity index (χ1) is 24.0. The van der Waals surface area contributed by atoms with Gasteiger partial charge in [-0.1, -0.05) is 106 Å². The van der Waals surface area contributed by atoms with E-state index in [-0.39, 0.29) is 17.0 Å². The molecule has 0 aliphatic rings. The lowest BCUT2D eigenvalue weighted by atomic mass is 10.1. The first kappa shape index (κ1) is 37.5. The van der Waals surface area contributed by atoms with Gasteiger partial charge >= 0.3 is 6.09 Å². The van der Waals surface area contributed by atoms with E-state index in [9.17, 15) is 4.79 Å².